The molecule has 0 aromatic heterocycles. The van der Waals surface area contributed by atoms with Crippen molar-refractivity contribution in [3.05, 3.63) is 0 Å². The molecule has 0 radical (unpaired) electrons. The van der Waals surface area contributed by atoms with Gasteiger partial charge in [-0.2, -0.15) is 0 Å². The fourth-order valence-corrected chi connectivity index (χ4v) is 1.82. The highest BCUT2D eigenvalue weighted by Crippen LogP contribution is 2.11. The summed E-state index contributed by atoms with van der Waals surface area (Å²) in [6, 6.07) is 0. The number of unbranched alkanes of at least 4 members (excludes halogenated alkanes) is 3. The van der Waals surface area contributed by atoms with Crippen molar-refractivity contribution < 1.29 is 19.1 Å². The standard InChI is InChI=1S/C16H31NO4.2C2H6/c1-13(12-20-14(2)18)10-8-6-7-9-11-17-15(19)21-16(3,4)5;2*1-2/h13H,6-12H2,1-5H3,(H,17,19);2*1-2H3. The molecule has 1 unspecified atom stereocenters. The van der Waals surface area contributed by atoms with Crippen LogP contribution in [-0.4, -0.2) is 30.8 Å². The molecule has 1 atom stereocenters. The molecule has 0 aromatic carbocycles. The zero-order valence-electron chi connectivity index (χ0n) is 18.2. The van der Waals surface area contributed by atoms with E-state index >= 15 is 0 Å². The molecule has 0 bridgehead atoms. The van der Waals surface area contributed by atoms with Gasteiger partial charge in [-0.15, -0.1) is 0 Å². The van der Waals surface area contributed by atoms with E-state index in [1.807, 2.05) is 48.5 Å². The van der Waals surface area contributed by atoms with Gasteiger partial charge in [0, 0.05) is 13.5 Å². The van der Waals surface area contributed by atoms with Crippen molar-refractivity contribution in [2.75, 3.05) is 13.2 Å². The lowest BCUT2D eigenvalue weighted by Crippen LogP contribution is -2.32. The summed E-state index contributed by atoms with van der Waals surface area (Å²) in [7, 11) is 0. The Labute approximate surface area is 156 Å². The second-order valence-electron chi connectivity index (χ2n) is 6.54. The molecule has 0 rings (SSSR count). The highest BCUT2D eigenvalue weighted by atomic mass is 16.6. The predicted octanol–water partition coefficient (Wildman–Crippen LogP) is 5.71. The van der Waals surface area contributed by atoms with Crippen molar-refractivity contribution in [2.45, 2.75) is 100 Å². The fourth-order valence-electron chi connectivity index (χ4n) is 1.82. The lowest BCUT2D eigenvalue weighted by atomic mass is 10.0. The molecule has 0 saturated carbocycles. The number of alkyl carbamates (subject to hydrolysis) is 1. The first-order valence-corrected chi connectivity index (χ1v) is 9.81. The number of nitrogens with one attached hydrogen (secondary N) is 1. The lowest BCUT2D eigenvalue weighted by Gasteiger charge is -2.19. The van der Waals surface area contributed by atoms with E-state index in [2.05, 4.69) is 12.2 Å². The molecule has 0 spiro atoms. The van der Waals surface area contributed by atoms with Gasteiger partial charge in [0.1, 0.15) is 5.60 Å². The summed E-state index contributed by atoms with van der Waals surface area (Å²) in [5.74, 6) is 0.198. The number of ether oxygens (including phenoxy) is 2. The number of carbonyl (C=O) groups is 2. The van der Waals surface area contributed by atoms with Crippen molar-refractivity contribution in [3.8, 4) is 0 Å². The monoisotopic (exact) mass is 361 g/mol. The van der Waals surface area contributed by atoms with Crippen LogP contribution in [0.5, 0.6) is 0 Å². The van der Waals surface area contributed by atoms with Crippen LogP contribution in [0.15, 0.2) is 0 Å². The number of rotatable bonds is 9. The molecule has 0 aromatic rings. The molecule has 0 aliphatic heterocycles. The van der Waals surface area contributed by atoms with Crippen molar-refractivity contribution in [1.82, 2.24) is 5.32 Å². The predicted molar refractivity (Wildman–Crippen MR) is 106 cm³/mol. The Morgan fingerprint density at radius 1 is 0.960 bits per heavy atom. The zero-order chi connectivity index (χ0) is 20.3. The second kappa shape index (κ2) is 19.1. The minimum absolute atomic E-state index is 0.213. The Kier molecular flexibility index (Phi) is 21.8. The molecule has 1 N–H and O–H groups in total. The Hall–Kier alpha value is -1.26. The molecule has 5 nitrogen and oxygen atoms in total. The first-order chi connectivity index (χ1) is 11.7. The molecule has 0 aliphatic rings. The maximum Gasteiger partial charge on any atom is 0.407 e. The largest absolute Gasteiger partial charge is 0.466 e. The summed E-state index contributed by atoms with van der Waals surface area (Å²) in [6.07, 6.45) is 4.99. The quantitative estimate of drug-likeness (QED) is 0.422. The van der Waals surface area contributed by atoms with Gasteiger partial charge in [-0.3, -0.25) is 4.79 Å². The first kappa shape index (κ1) is 28.5. The average molecular weight is 362 g/mol. The molecule has 0 fully saturated rings. The zero-order valence-corrected chi connectivity index (χ0v) is 18.2. The second-order valence-corrected chi connectivity index (χ2v) is 6.54. The SMILES string of the molecule is CC.CC.CC(=O)OCC(C)CCCCCCNC(=O)OC(C)(C)C. The van der Waals surface area contributed by atoms with Crippen molar-refractivity contribution in [3.63, 3.8) is 0 Å². The number of amides is 1. The van der Waals surface area contributed by atoms with E-state index in [0.717, 1.165) is 32.1 Å². The number of carbonyl (C=O) groups excluding carboxylic acids is 2. The molecule has 5 heteroatoms. The van der Waals surface area contributed by atoms with E-state index in [1.54, 1.807) is 0 Å². The van der Waals surface area contributed by atoms with E-state index < -0.39 is 5.60 Å². The van der Waals surface area contributed by atoms with Gasteiger partial charge < -0.3 is 14.8 Å². The molecule has 0 heterocycles. The number of hydrogen-bond donors (Lipinski definition) is 1. The van der Waals surface area contributed by atoms with Gasteiger partial charge in [0.2, 0.25) is 0 Å². The first-order valence-electron chi connectivity index (χ1n) is 9.81. The van der Waals surface area contributed by atoms with Gasteiger partial charge in [-0.25, -0.2) is 4.79 Å². The average Bonchev–Trinajstić information content (AvgIpc) is 2.54. The van der Waals surface area contributed by atoms with Crippen LogP contribution >= 0.6 is 0 Å². The molecule has 25 heavy (non-hydrogen) atoms. The van der Waals surface area contributed by atoms with Gasteiger partial charge >= 0.3 is 12.1 Å². The lowest BCUT2D eigenvalue weighted by molar-refractivity contribution is -0.142. The molecule has 152 valence electrons. The Bertz CT molecular complexity index is 311. The maximum atomic E-state index is 11.4. The van der Waals surface area contributed by atoms with Crippen LogP contribution < -0.4 is 5.32 Å². The van der Waals surface area contributed by atoms with E-state index in [9.17, 15) is 9.59 Å². The van der Waals surface area contributed by atoms with Crippen LogP contribution in [0.2, 0.25) is 0 Å². The van der Waals surface area contributed by atoms with Crippen LogP contribution in [0.25, 0.3) is 0 Å². The summed E-state index contributed by atoms with van der Waals surface area (Å²) in [6.45, 7) is 18.2. The third kappa shape index (κ3) is 27.9. The summed E-state index contributed by atoms with van der Waals surface area (Å²) in [4.78, 5) is 22.1. The summed E-state index contributed by atoms with van der Waals surface area (Å²) in [5.41, 5.74) is -0.442. The van der Waals surface area contributed by atoms with Gasteiger partial charge in [0.25, 0.3) is 0 Å². The van der Waals surface area contributed by atoms with Crippen LogP contribution in [0, 0.1) is 5.92 Å². The minimum atomic E-state index is -0.442. The van der Waals surface area contributed by atoms with E-state index in [1.165, 1.54) is 6.92 Å². The van der Waals surface area contributed by atoms with E-state index in [-0.39, 0.29) is 12.1 Å². The smallest absolute Gasteiger partial charge is 0.407 e. The molecular formula is C20H43NO4. The Morgan fingerprint density at radius 3 is 1.96 bits per heavy atom. The number of hydrogen-bond acceptors (Lipinski definition) is 4. The van der Waals surface area contributed by atoms with Crippen molar-refractivity contribution >= 4 is 12.1 Å². The highest BCUT2D eigenvalue weighted by molar-refractivity contribution is 5.67. The third-order valence-electron chi connectivity index (χ3n) is 2.86. The maximum absolute atomic E-state index is 11.4. The molecule has 0 aliphatic carbocycles. The van der Waals surface area contributed by atoms with Crippen LogP contribution in [0.3, 0.4) is 0 Å². The third-order valence-corrected chi connectivity index (χ3v) is 2.86. The summed E-state index contributed by atoms with van der Waals surface area (Å²) < 4.78 is 10.1. The minimum Gasteiger partial charge on any atom is -0.466 e. The van der Waals surface area contributed by atoms with Gasteiger partial charge in [0.15, 0.2) is 0 Å². The van der Waals surface area contributed by atoms with Crippen LogP contribution in [0.4, 0.5) is 4.79 Å². The highest BCUT2D eigenvalue weighted by Gasteiger charge is 2.15. The molecule has 1 amide bonds. The van der Waals surface area contributed by atoms with Gasteiger partial charge in [0.05, 0.1) is 6.61 Å². The van der Waals surface area contributed by atoms with Crippen molar-refractivity contribution in [2.24, 2.45) is 5.92 Å². The molecular weight excluding hydrogens is 318 g/mol. The van der Waals surface area contributed by atoms with Crippen LogP contribution in [-0.2, 0) is 14.3 Å². The van der Waals surface area contributed by atoms with Gasteiger partial charge in [-0.05, 0) is 39.5 Å². The normalized spacial score (nSPS) is 11.1. The van der Waals surface area contributed by atoms with Crippen LogP contribution in [0.1, 0.15) is 94.4 Å². The molecule has 0 saturated heterocycles. The van der Waals surface area contributed by atoms with Crippen molar-refractivity contribution in [1.29, 1.82) is 0 Å². The Balaban J connectivity index is -0.00000112. The topological polar surface area (TPSA) is 64.6 Å². The summed E-state index contributed by atoms with van der Waals surface area (Å²) in [5, 5.41) is 2.75. The number of esters is 1. The van der Waals surface area contributed by atoms with Gasteiger partial charge in [-0.1, -0.05) is 53.9 Å². The summed E-state index contributed by atoms with van der Waals surface area (Å²) >= 11 is 0. The Morgan fingerprint density at radius 2 is 1.48 bits per heavy atom. The fraction of sp³-hybridized carbons (Fsp3) is 0.900. The van der Waals surface area contributed by atoms with E-state index in [0.29, 0.717) is 19.1 Å². The van der Waals surface area contributed by atoms with E-state index in [4.69, 9.17) is 9.47 Å².